The summed E-state index contributed by atoms with van der Waals surface area (Å²) >= 11 is 0. The molecule has 0 aliphatic heterocycles. The molecule has 0 radical (unpaired) electrons. The molecule has 0 fully saturated rings. The fourth-order valence-corrected chi connectivity index (χ4v) is 2.19. The van der Waals surface area contributed by atoms with Gasteiger partial charge in [0.2, 0.25) is 0 Å². The standard InChI is InChI=1S/C18H24O4/c1-10-8-9-11(14(19)17(2,3)4)13(16(21)22)12(10)15(20)18(5,6)7/h8-9H,1-7H3,(H,21,22). The Bertz CT molecular complexity index is 640. The molecule has 4 heteroatoms. The molecule has 22 heavy (non-hydrogen) atoms. The van der Waals surface area contributed by atoms with Gasteiger partial charge in [-0.15, -0.1) is 0 Å². The molecule has 0 saturated heterocycles. The van der Waals surface area contributed by atoms with Crippen LogP contribution in [0, 0.1) is 17.8 Å². The number of hydrogen-bond acceptors (Lipinski definition) is 3. The quantitative estimate of drug-likeness (QED) is 0.851. The van der Waals surface area contributed by atoms with E-state index in [1.54, 1.807) is 54.5 Å². The van der Waals surface area contributed by atoms with Crippen molar-refractivity contribution in [3.63, 3.8) is 0 Å². The summed E-state index contributed by atoms with van der Waals surface area (Å²) in [6.07, 6.45) is 0. The molecule has 1 aromatic rings. The molecule has 4 nitrogen and oxygen atoms in total. The highest BCUT2D eigenvalue weighted by Crippen LogP contribution is 2.31. The molecular formula is C18H24O4. The van der Waals surface area contributed by atoms with Gasteiger partial charge in [-0.3, -0.25) is 9.59 Å². The molecule has 1 rings (SSSR count). The largest absolute Gasteiger partial charge is 0.478 e. The Hall–Kier alpha value is -1.97. The van der Waals surface area contributed by atoms with Crippen LogP contribution in [0.15, 0.2) is 12.1 Å². The van der Waals surface area contributed by atoms with Crippen LogP contribution in [0.4, 0.5) is 0 Å². The summed E-state index contributed by atoms with van der Waals surface area (Å²) < 4.78 is 0. The van der Waals surface area contributed by atoms with Crippen molar-refractivity contribution in [2.45, 2.75) is 48.5 Å². The Morgan fingerprint density at radius 1 is 0.818 bits per heavy atom. The van der Waals surface area contributed by atoms with E-state index < -0.39 is 16.8 Å². The minimum Gasteiger partial charge on any atom is -0.478 e. The second kappa shape index (κ2) is 5.67. The van der Waals surface area contributed by atoms with Crippen molar-refractivity contribution in [2.24, 2.45) is 10.8 Å². The lowest BCUT2D eigenvalue weighted by Crippen LogP contribution is -2.28. The van der Waals surface area contributed by atoms with Crippen LogP contribution >= 0.6 is 0 Å². The Morgan fingerprint density at radius 2 is 1.27 bits per heavy atom. The highest BCUT2D eigenvalue weighted by Gasteiger charge is 2.34. The molecule has 0 saturated carbocycles. The third-order valence-corrected chi connectivity index (χ3v) is 3.46. The number of carbonyl (C=O) groups is 3. The summed E-state index contributed by atoms with van der Waals surface area (Å²) in [7, 11) is 0. The average Bonchev–Trinajstić information content (AvgIpc) is 2.34. The maximum atomic E-state index is 12.7. The second-order valence-electron chi connectivity index (χ2n) is 7.64. The predicted molar refractivity (Wildman–Crippen MR) is 85.7 cm³/mol. The molecule has 0 bridgehead atoms. The van der Waals surface area contributed by atoms with Crippen LogP contribution in [0.2, 0.25) is 0 Å². The summed E-state index contributed by atoms with van der Waals surface area (Å²) in [6.45, 7) is 12.1. The maximum absolute atomic E-state index is 12.7. The third-order valence-electron chi connectivity index (χ3n) is 3.46. The van der Waals surface area contributed by atoms with Gasteiger partial charge in [-0.05, 0) is 12.5 Å². The summed E-state index contributed by atoms with van der Waals surface area (Å²) in [4.78, 5) is 37.0. The average molecular weight is 304 g/mol. The number of ketones is 2. The lowest BCUT2D eigenvalue weighted by atomic mass is 9.78. The van der Waals surface area contributed by atoms with Crippen molar-refractivity contribution in [2.75, 3.05) is 0 Å². The molecule has 1 N–H and O–H groups in total. The van der Waals surface area contributed by atoms with Gasteiger partial charge in [0.1, 0.15) is 0 Å². The molecule has 0 aromatic heterocycles. The highest BCUT2D eigenvalue weighted by molar-refractivity contribution is 6.15. The monoisotopic (exact) mass is 304 g/mol. The van der Waals surface area contributed by atoms with Crippen molar-refractivity contribution in [1.82, 2.24) is 0 Å². The molecule has 0 atom stereocenters. The molecule has 0 spiro atoms. The minimum absolute atomic E-state index is 0.0956. The van der Waals surface area contributed by atoms with Crippen molar-refractivity contribution in [3.8, 4) is 0 Å². The van der Waals surface area contributed by atoms with Crippen LogP contribution in [-0.4, -0.2) is 22.6 Å². The molecule has 1 aromatic carbocycles. The summed E-state index contributed by atoms with van der Waals surface area (Å²) in [5.74, 6) is -1.80. The van der Waals surface area contributed by atoms with Crippen molar-refractivity contribution < 1.29 is 19.5 Å². The zero-order valence-corrected chi connectivity index (χ0v) is 14.3. The van der Waals surface area contributed by atoms with Gasteiger partial charge in [-0.1, -0.05) is 53.7 Å². The predicted octanol–water partition coefficient (Wildman–Crippen LogP) is 4.15. The van der Waals surface area contributed by atoms with Crippen molar-refractivity contribution >= 4 is 17.5 Å². The minimum atomic E-state index is -1.25. The van der Waals surface area contributed by atoms with E-state index in [9.17, 15) is 19.5 Å². The number of aromatic carboxylic acids is 1. The van der Waals surface area contributed by atoms with E-state index in [1.807, 2.05) is 0 Å². The van der Waals surface area contributed by atoms with Gasteiger partial charge in [0.25, 0.3) is 0 Å². The first-order valence-electron chi connectivity index (χ1n) is 7.25. The van der Waals surface area contributed by atoms with Gasteiger partial charge in [0.15, 0.2) is 11.6 Å². The fraction of sp³-hybridized carbons (Fsp3) is 0.500. The van der Waals surface area contributed by atoms with Crippen LogP contribution < -0.4 is 0 Å². The van der Waals surface area contributed by atoms with Crippen LogP contribution in [0.1, 0.15) is 78.2 Å². The first kappa shape index (κ1) is 18.1. The number of aryl methyl sites for hydroxylation is 1. The van der Waals surface area contributed by atoms with E-state index in [-0.39, 0.29) is 28.3 Å². The van der Waals surface area contributed by atoms with E-state index in [4.69, 9.17) is 0 Å². The molecule has 0 aliphatic carbocycles. The second-order valence-corrected chi connectivity index (χ2v) is 7.64. The van der Waals surface area contributed by atoms with Crippen molar-refractivity contribution in [3.05, 3.63) is 34.4 Å². The Kier molecular flexibility index (Phi) is 4.66. The maximum Gasteiger partial charge on any atom is 0.337 e. The van der Waals surface area contributed by atoms with Crippen LogP contribution in [0.25, 0.3) is 0 Å². The SMILES string of the molecule is Cc1ccc(C(=O)C(C)(C)C)c(C(=O)O)c1C(=O)C(C)(C)C. The number of carboxylic acids is 1. The highest BCUT2D eigenvalue weighted by atomic mass is 16.4. The van der Waals surface area contributed by atoms with Gasteiger partial charge < -0.3 is 5.11 Å². The smallest absolute Gasteiger partial charge is 0.337 e. The lowest BCUT2D eigenvalue weighted by Gasteiger charge is -2.23. The topological polar surface area (TPSA) is 71.4 Å². The van der Waals surface area contributed by atoms with Gasteiger partial charge in [-0.25, -0.2) is 4.79 Å². The summed E-state index contributed by atoms with van der Waals surface area (Å²) in [5.41, 5.74) is -0.823. The number of benzene rings is 1. The van der Waals surface area contributed by atoms with Gasteiger partial charge in [0.05, 0.1) is 5.56 Å². The number of carbonyl (C=O) groups excluding carboxylic acids is 2. The Labute approximate surface area is 131 Å². The van der Waals surface area contributed by atoms with Crippen LogP contribution in [0.5, 0.6) is 0 Å². The summed E-state index contributed by atoms with van der Waals surface area (Å²) in [6, 6.07) is 3.15. The molecule has 0 heterocycles. The number of Topliss-reactive ketones (excluding diaryl/α,β-unsaturated/α-hetero) is 2. The van der Waals surface area contributed by atoms with Gasteiger partial charge in [0, 0.05) is 22.0 Å². The third kappa shape index (κ3) is 3.43. The number of hydrogen-bond donors (Lipinski definition) is 1. The molecule has 0 amide bonds. The van der Waals surface area contributed by atoms with Crippen LogP contribution in [0.3, 0.4) is 0 Å². The Morgan fingerprint density at radius 3 is 1.64 bits per heavy atom. The lowest BCUT2D eigenvalue weighted by molar-refractivity contribution is 0.0679. The molecule has 0 aliphatic rings. The zero-order valence-electron chi connectivity index (χ0n) is 14.3. The summed E-state index contributed by atoms with van der Waals surface area (Å²) in [5, 5.41) is 9.60. The van der Waals surface area contributed by atoms with E-state index in [0.29, 0.717) is 5.56 Å². The normalized spacial score (nSPS) is 12.1. The zero-order chi connectivity index (χ0) is 17.5. The van der Waals surface area contributed by atoms with Gasteiger partial charge >= 0.3 is 5.97 Å². The fourth-order valence-electron chi connectivity index (χ4n) is 2.19. The molecule has 120 valence electrons. The van der Waals surface area contributed by atoms with Gasteiger partial charge in [-0.2, -0.15) is 0 Å². The van der Waals surface area contributed by atoms with E-state index in [1.165, 1.54) is 6.07 Å². The van der Waals surface area contributed by atoms with Crippen molar-refractivity contribution in [1.29, 1.82) is 0 Å². The van der Waals surface area contributed by atoms with Crippen LogP contribution in [-0.2, 0) is 0 Å². The van der Waals surface area contributed by atoms with E-state index >= 15 is 0 Å². The number of carboxylic acid groups (broad SMARTS) is 1. The van der Waals surface area contributed by atoms with E-state index in [2.05, 4.69) is 0 Å². The molecular weight excluding hydrogens is 280 g/mol. The first-order chi connectivity index (χ1) is 9.78. The Balaban J connectivity index is 3.76. The first-order valence-corrected chi connectivity index (χ1v) is 7.25. The molecule has 0 unspecified atom stereocenters. The number of rotatable bonds is 3. The van der Waals surface area contributed by atoms with E-state index in [0.717, 1.165) is 0 Å².